The van der Waals surface area contributed by atoms with Gasteiger partial charge in [-0.1, -0.05) is 6.07 Å². The average Bonchev–Trinajstić information content (AvgIpc) is 2.73. The molecule has 0 atom stereocenters. The van der Waals surface area contributed by atoms with E-state index in [0.29, 0.717) is 5.75 Å². The lowest BCUT2D eigenvalue weighted by Gasteiger charge is -2.31. The van der Waals surface area contributed by atoms with Crippen LogP contribution in [0.3, 0.4) is 0 Å². The number of benzene rings is 2. The molecule has 2 aromatic rings. The first kappa shape index (κ1) is 21.6. The Morgan fingerprint density at radius 2 is 1.52 bits per heavy atom. The van der Waals surface area contributed by atoms with Crippen molar-refractivity contribution in [3.8, 4) is 11.5 Å². The Kier molecular flexibility index (Phi) is 6.21. The topological polar surface area (TPSA) is 90.0 Å². The standard InChI is InChI=1S/C20H25NO6S2/c1-15-4-9-19(27-3)20(14-15)29(24,25)21-12-10-18(11-13-21)28(22,23)17-7-5-16(26-2)6-8-17/h4-9,14,18H,10-13H2,1-3H3. The van der Waals surface area contributed by atoms with Gasteiger partial charge < -0.3 is 9.47 Å². The Balaban J connectivity index is 1.78. The van der Waals surface area contributed by atoms with E-state index in [1.807, 2.05) is 6.92 Å². The summed E-state index contributed by atoms with van der Waals surface area (Å²) in [5.74, 6) is 0.862. The fraction of sp³-hybridized carbons (Fsp3) is 0.400. The monoisotopic (exact) mass is 439 g/mol. The number of piperidine rings is 1. The van der Waals surface area contributed by atoms with Crippen LogP contribution in [0.2, 0.25) is 0 Å². The van der Waals surface area contributed by atoms with Crippen LogP contribution < -0.4 is 9.47 Å². The molecular formula is C20H25NO6S2. The highest BCUT2D eigenvalue weighted by molar-refractivity contribution is 7.92. The minimum atomic E-state index is -3.77. The molecule has 1 saturated heterocycles. The largest absolute Gasteiger partial charge is 0.497 e. The average molecular weight is 440 g/mol. The molecule has 0 radical (unpaired) electrons. The van der Waals surface area contributed by atoms with E-state index < -0.39 is 25.1 Å². The molecule has 0 aliphatic carbocycles. The number of hydrogen-bond donors (Lipinski definition) is 0. The molecule has 0 spiro atoms. The Bertz CT molecular complexity index is 1070. The quantitative estimate of drug-likeness (QED) is 0.687. The highest BCUT2D eigenvalue weighted by Gasteiger charge is 2.36. The van der Waals surface area contributed by atoms with Crippen molar-refractivity contribution in [1.29, 1.82) is 0 Å². The van der Waals surface area contributed by atoms with Gasteiger partial charge >= 0.3 is 0 Å². The summed E-state index contributed by atoms with van der Waals surface area (Å²) in [7, 11) is -4.37. The van der Waals surface area contributed by atoms with Gasteiger partial charge in [0.15, 0.2) is 9.84 Å². The zero-order chi connectivity index (χ0) is 21.2. The summed E-state index contributed by atoms with van der Waals surface area (Å²) >= 11 is 0. The van der Waals surface area contributed by atoms with Crippen molar-refractivity contribution in [1.82, 2.24) is 4.31 Å². The first-order chi connectivity index (χ1) is 13.7. The maximum Gasteiger partial charge on any atom is 0.246 e. The predicted molar refractivity (Wildman–Crippen MR) is 110 cm³/mol. The second-order valence-corrected chi connectivity index (χ2v) is 11.1. The smallest absolute Gasteiger partial charge is 0.246 e. The molecular weight excluding hydrogens is 414 g/mol. The van der Waals surface area contributed by atoms with E-state index in [9.17, 15) is 16.8 Å². The van der Waals surface area contributed by atoms with Gasteiger partial charge in [-0.25, -0.2) is 16.8 Å². The van der Waals surface area contributed by atoms with Gasteiger partial charge in [-0.2, -0.15) is 4.31 Å². The van der Waals surface area contributed by atoms with E-state index in [0.717, 1.165) is 5.56 Å². The molecule has 1 heterocycles. The summed E-state index contributed by atoms with van der Waals surface area (Å²) in [6, 6.07) is 11.2. The third-order valence-corrected chi connectivity index (χ3v) is 9.36. The summed E-state index contributed by atoms with van der Waals surface area (Å²) in [6.45, 7) is 2.09. The van der Waals surface area contributed by atoms with Crippen molar-refractivity contribution >= 4 is 19.9 Å². The number of hydrogen-bond acceptors (Lipinski definition) is 6. The zero-order valence-electron chi connectivity index (χ0n) is 16.7. The summed E-state index contributed by atoms with van der Waals surface area (Å²) in [6.07, 6.45) is 0.476. The van der Waals surface area contributed by atoms with E-state index >= 15 is 0 Å². The maximum atomic E-state index is 13.1. The van der Waals surface area contributed by atoms with Crippen LogP contribution in [0.4, 0.5) is 0 Å². The molecule has 1 aliphatic rings. The molecule has 0 aromatic heterocycles. The molecule has 0 amide bonds. The molecule has 0 unspecified atom stereocenters. The second-order valence-electron chi connectivity index (χ2n) is 6.98. The molecule has 0 N–H and O–H groups in total. The minimum Gasteiger partial charge on any atom is -0.497 e. The Labute approximate surface area is 172 Å². The van der Waals surface area contributed by atoms with E-state index in [1.165, 1.54) is 30.7 Å². The third-order valence-electron chi connectivity index (χ3n) is 5.16. The number of methoxy groups -OCH3 is 2. The van der Waals surface area contributed by atoms with E-state index in [4.69, 9.17) is 9.47 Å². The van der Waals surface area contributed by atoms with Gasteiger partial charge in [0.05, 0.1) is 24.4 Å². The van der Waals surface area contributed by atoms with Crippen molar-refractivity contribution in [3.05, 3.63) is 48.0 Å². The fourth-order valence-corrected chi connectivity index (χ4v) is 6.91. The molecule has 0 bridgehead atoms. The molecule has 3 rings (SSSR count). The number of aryl methyl sites for hydroxylation is 1. The number of nitrogens with zero attached hydrogens (tertiary/aromatic N) is 1. The molecule has 1 fully saturated rings. The number of ether oxygens (including phenoxy) is 2. The lowest BCUT2D eigenvalue weighted by Crippen LogP contribution is -2.42. The van der Waals surface area contributed by atoms with Crippen LogP contribution in [-0.2, 0) is 19.9 Å². The lowest BCUT2D eigenvalue weighted by atomic mass is 10.2. The summed E-state index contributed by atoms with van der Waals surface area (Å²) < 4.78 is 63.7. The molecule has 0 saturated carbocycles. The van der Waals surface area contributed by atoms with Crippen LogP contribution in [0.25, 0.3) is 0 Å². The first-order valence-corrected chi connectivity index (χ1v) is 12.2. The van der Waals surface area contributed by atoms with Crippen molar-refractivity contribution in [2.45, 2.75) is 34.8 Å². The molecule has 2 aromatic carbocycles. The molecule has 1 aliphatic heterocycles. The van der Waals surface area contributed by atoms with Gasteiger partial charge in [-0.3, -0.25) is 0 Å². The van der Waals surface area contributed by atoms with Crippen molar-refractivity contribution < 1.29 is 26.3 Å². The minimum absolute atomic E-state index is 0.108. The number of rotatable bonds is 6. The zero-order valence-corrected chi connectivity index (χ0v) is 18.3. The number of sulfone groups is 1. The van der Waals surface area contributed by atoms with Gasteiger partial charge in [0.2, 0.25) is 10.0 Å². The van der Waals surface area contributed by atoms with Gasteiger partial charge in [-0.15, -0.1) is 0 Å². The van der Waals surface area contributed by atoms with Crippen molar-refractivity contribution in [2.24, 2.45) is 0 Å². The number of sulfonamides is 1. The van der Waals surface area contributed by atoms with E-state index in [-0.39, 0.29) is 41.5 Å². The van der Waals surface area contributed by atoms with Crippen LogP contribution in [-0.4, -0.2) is 53.7 Å². The molecule has 158 valence electrons. The van der Waals surface area contributed by atoms with E-state index in [1.54, 1.807) is 30.3 Å². The first-order valence-electron chi connectivity index (χ1n) is 9.23. The van der Waals surface area contributed by atoms with Crippen LogP contribution >= 0.6 is 0 Å². The van der Waals surface area contributed by atoms with Crippen LogP contribution in [0.15, 0.2) is 52.3 Å². The Morgan fingerprint density at radius 3 is 2.07 bits per heavy atom. The van der Waals surface area contributed by atoms with E-state index in [2.05, 4.69) is 0 Å². The Morgan fingerprint density at radius 1 is 0.897 bits per heavy atom. The van der Waals surface area contributed by atoms with Crippen molar-refractivity contribution in [3.63, 3.8) is 0 Å². The van der Waals surface area contributed by atoms with Gasteiger partial charge in [0.1, 0.15) is 16.4 Å². The maximum absolute atomic E-state index is 13.1. The highest BCUT2D eigenvalue weighted by atomic mass is 32.2. The van der Waals surface area contributed by atoms with Gasteiger partial charge in [0.25, 0.3) is 0 Å². The Hall–Kier alpha value is -2.10. The van der Waals surface area contributed by atoms with Gasteiger partial charge in [-0.05, 0) is 61.7 Å². The lowest BCUT2D eigenvalue weighted by molar-refractivity contribution is 0.342. The highest BCUT2D eigenvalue weighted by Crippen LogP contribution is 2.32. The third kappa shape index (κ3) is 4.26. The molecule has 29 heavy (non-hydrogen) atoms. The normalized spacial score (nSPS) is 16.5. The summed E-state index contributed by atoms with van der Waals surface area (Å²) in [5, 5.41) is -0.623. The fourth-order valence-electron chi connectivity index (χ4n) is 3.47. The van der Waals surface area contributed by atoms with Gasteiger partial charge in [0, 0.05) is 13.1 Å². The van der Waals surface area contributed by atoms with Crippen LogP contribution in [0, 0.1) is 6.92 Å². The predicted octanol–water partition coefficient (Wildman–Crippen LogP) is 2.64. The summed E-state index contributed by atoms with van der Waals surface area (Å²) in [4.78, 5) is 0.330. The van der Waals surface area contributed by atoms with Crippen LogP contribution in [0.5, 0.6) is 11.5 Å². The summed E-state index contributed by atoms with van der Waals surface area (Å²) in [5.41, 5.74) is 0.807. The molecule has 7 nitrogen and oxygen atoms in total. The van der Waals surface area contributed by atoms with Crippen molar-refractivity contribution in [2.75, 3.05) is 27.3 Å². The van der Waals surface area contributed by atoms with Crippen LogP contribution in [0.1, 0.15) is 18.4 Å². The molecule has 9 heteroatoms. The SMILES string of the molecule is COc1ccc(S(=O)(=O)C2CCN(S(=O)(=O)c3cc(C)ccc3OC)CC2)cc1. The second kappa shape index (κ2) is 8.33.